The van der Waals surface area contributed by atoms with Crippen LogP contribution in [0.5, 0.6) is 0 Å². The number of carboxylic acid groups (broad SMARTS) is 1. The number of carbonyl (C=O) groups excluding carboxylic acids is 1. The smallest absolute Gasteiger partial charge is 0.323 e. The zero-order valence-corrected chi connectivity index (χ0v) is 10.6. The summed E-state index contributed by atoms with van der Waals surface area (Å²) < 4.78 is 0. The zero-order valence-electron chi connectivity index (χ0n) is 10.6. The van der Waals surface area contributed by atoms with Crippen molar-refractivity contribution in [1.82, 2.24) is 9.80 Å². The largest absolute Gasteiger partial charge is 0.480 e. The van der Waals surface area contributed by atoms with Gasteiger partial charge >= 0.3 is 12.0 Å². The van der Waals surface area contributed by atoms with Crippen molar-refractivity contribution in [2.24, 2.45) is 5.92 Å². The third-order valence-corrected chi connectivity index (χ3v) is 3.61. The third kappa shape index (κ3) is 3.13. The summed E-state index contributed by atoms with van der Waals surface area (Å²) in [4.78, 5) is 25.9. The van der Waals surface area contributed by atoms with E-state index in [9.17, 15) is 14.7 Å². The Bertz CT molecular complexity index is 337. The Labute approximate surface area is 106 Å². The maximum Gasteiger partial charge on any atom is 0.323 e. The van der Waals surface area contributed by atoms with Crippen molar-refractivity contribution in [1.29, 1.82) is 0 Å². The van der Waals surface area contributed by atoms with Crippen molar-refractivity contribution in [3.8, 4) is 0 Å². The van der Waals surface area contributed by atoms with E-state index < -0.39 is 5.97 Å². The molecule has 0 aromatic rings. The first-order valence-corrected chi connectivity index (χ1v) is 6.39. The van der Waals surface area contributed by atoms with Gasteiger partial charge in [0.2, 0.25) is 0 Å². The van der Waals surface area contributed by atoms with Crippen molar-refractivity contribution in [3.63, 3.8) is 0 Å². The molecule has 102 valence electrons. The maximum absolute atomic E-state index is 12.1. The summed E-state index contributed by atoms with van der Waals surface area (Å²) in [5.74, 6) is -0.623. The number of amides is 2. The molecule has 0 radical (unpaired) electrons. The lowest BCUT2D eigenvalue weighted by Gasteiger charge is -2.36. The number of hydrogen-bond acceptors (Lipinski definition) is 3. The average molecular weight is 256 g/mol. The first kappa shape index (κ1) is 13.1. The van der Waals surface area contributed by atoms with E-state index in [0.717, 1.165) is 25.7 Å². The van der Waals surface area contributed by atoms with Gasteiger partial charge in [0.15, 0.2) is 0 Å². The molecule has 0 aliphatic heterocycles. The Morgan fingerprint density at radius 2 is 1.89 bits per heavy atom. The van der Waals surface area contributed by atoms with Crippen molar-refractivity contribution >= 4 is 12.0 Å². The fraction of sp³-hybridized carbons (Fsp3) is 0.833. The van der Waals surface area contributed by atoms with Gasteiger partial charge in [-0.3, -0.25) is 4.79 Å². The normalized spacial score (nSPS) is 26.3. The minimum absolute atomic E-state index is 0.100. The monoisotopic (exact) mass is 256 g/mol. The van der Waals surface area contributed by atoms with E-state index in [-0.39, 0.29) is 24.7 Å². The van der Waals surface area contributed by atoms with Crippen LogP contribution in [0, 0.1) is 5.92 Å². The minimum atomic E-state index is -0.970. The van der Waals surface area contributed by atoms with Crippen LogP contribution in [0.15, 0.2) is 0 Å². The van der Waals surface area contributed by atoms with E-state index in [1.165, 1.54) is 4.90 Å². The summed E-state index contributed by atoms with van der Waals surface area (Å²) in [6.45, 7) is 0.375. The topological polar surface area (TPSA) is 81.1 Å². The number of aliphatic hydroxyl groups is 1. The van der Waals surface area contributed by atoms with Crippen molar-refractivity contribution in [2.75, 3.05) is 20.1 Å². The Kier molecular flexibility index (Phi) is 3.75. The molecule has 2 fully saturated rings. The highest BCUT2D eigenvalue weighted by molar-refractivity contribution is 5.80. The molecule has 0 aromatic carbocycles. The van der Waals surface area contributed by atoms with Crippen LogP contribution in [0.25, 0.3) is 0 Å². The van der Waals surface area contributed by atoms with Crippen LogP contribution in [-0.4, -0.2) is 64.3 Å². The van der Waals surface area contributed by atoms with Gasteiger partial charge in [-0.2, -0.15) is 0 Å². The van der Waals surface area contributed by atoms with E-state index in [2.05, 4.69) is 0 Å². The first-order chi connectivity index (χ1) is 8.47. The Hall–Kier alpha value is -1.30. The standard InChI is InChI=1S/C12H20N2O4/c1-13(6-8-4-10(15)5-8)12(18)14(7-11(16)17)9-2-3-9/h8-10,15H,2-7H2,1H3,(H,16,17). The molecule has 2 aliphatic rings. The molecule has 0 aromatic heterocycles. The number of urea groups is 1. The maximum atomic E-state index is 12.1. The molecule has 2 rings (SSSR count). The highest BCUT2D eigenvalue weighted by Gasteiger charge is 2.36. The molecule has 2 saturated carbocycles. The predicted octanol–water partition coefficient (Wildman–Crippen LogP) is 0.358. The number of carboxylic acids is 1. The van der Waals surface area contributed by atoms with Gasteiger partial charge in [0.25, 0.3) is 0 Å². The molecule has 0 spiro atoms. The Balaban J connectivity index is 1.84. The average Bonchev–Trinajstić information content (AvgIpc) is 3.06. The number of carbonyl (C=O) groups is 2. The van der Waals surface area contributed by atoms with Gasteiger partial charge in [0.05, 0.1) is 6.10 Å². The van der Waals surface area contributed by atoms with Crippen molar-refractivity contribution < 1.29 is 19.8 Å². The van der Waals surface area contributed by atoms with Gasteiger partial charge in [0.1, 0.15) is 6.54 Å². The second kappa shape index (κ2) is 5.14. The van der Waals surface area contributed by atoms with Crippen LogP contribution in [0.3, 0.4) is 0 Å². The number of hydrogen-bond donors (Lipinski definition) is 2. The Morgan fingerprint density at radius 3 is 2.33 bits per heavy atom. The molecule has 0 bridgehead atoms. The summed E-state index contributed by atoms with van der Waals surface area (Å²) >= 11 is 0. The van der Waals surface area contributed by atoms with Gasteiger partial charge in [-0.25, -0.2) is 4.79 Å². The molecule has 6 nitrogen and oxygen atoms in total. The summed E-state index contributed by atoms with van der Waals surface area (Å²) in [6.07, 6.45) is 3.04. The third-order valence-electron chi connectivity index (χ3n) is 3.61. The van der Waals surface area contributed by atoms with Crippen molar-refractivity contribution in [3.05, 3.63) is 0 Å². The Morgan fingerprint density at radius 1 is 1.28 bits per heavy atom. The van der Waals surface area contributed by atoms with Crippen molar-refractivity contribution in [2.45, 2.75) is 37.8 Å². The molecular formula is C12H20N2O4. The van der Waals surface area contributed by atoms with Crippen LogP contribution in [0.2, 0.25) is 0 Å². The highest BCUT2D eigenvalue weighted by Crippen LogP contribution is 2.30. The SMILES string of the molecule is CN(CC1CC(O)C1)C(=O)N(CC(=O)O)C1CC1. The molecule has 2 amide bonds. The molecule has 2 N–H and O–H groups in total. The fourth-order valence-corrected chi connectivity index (χ4v) is 2.42. The van der Waals surface area contributed by atoms with Crippen LogP contribution >= 0.6 is 0 Å². The summed E-state index contributed by atoms with van der Waals surface area (Å²) in [6, 6.07) is -0.107. The molecule has 0 saturated heterocycles. The summed E-state index contributed by atoms with van der Waals surface area (Å²) in [5, 5.41) is 18.0. The van der Waals surface area contributed by atoms with Crippen LogP contribution in [-0.2, 0) is 4.79 Å². The lowest BCUT2D eigenvalue weighted by molar-refractivity contribution is -0.137. The quantitative estimate of drug-likeness (QED) is 0.744. The summed E-state index contributed by atoms with van der Waals surface area (Å²) in [7, 11) is 1.70. The van der Waals surface area contributed by atoms with E-state index in [0.29, 0.717) is 12.5 Å². The molecule has 0 unspecified atom stereocenters. The molecule has 18 heavy (non-hydrogen) atoms. The zero-order chi connectivity index (χ0) is 13.3. The van der Waals surface area contributed by atoms with Crippen LogP contribution in [0.4, 0.5) is 4.79 Å². The van der Waals surface area contributed by atoms with E-state index in [1.54, 1.807) is 11.9 Å². The first-order valence-electron chi connectivity index (χ1n) is 6.39. The fourth-order valence-electron chi connectivity index (χ4n) is 2.42. The number of aliphatic carboxylic acids is 1. The van der Waals surface area contributed by atoms with Gasteiger partial charge in [-0.05, 0) is 31.6 Å². The molecule has 0 atom stereocenters. The van der Waals surface area contributed by atoms with Gasteiger partial charge < -0.3 is 20.0 Å². The molecule has 2 aliphatic carbocycles. The number of rotatable bonds is 5. The van der Waals surface area contributed by atoms with Crippen LogP contribution < -0.4 is 0 Å². The molecule has 0 heterocycles. The van der Waals surface area contributed by atoms with E-state index in [1.807, 2.05) is 0 Å². The second-order valence-electron chi connectivity index (χ2n) is 5.41. The molecule has 6 heteroatoms. The lowest BCUT2D eigenvalue weighted by atomic mass is 9.82. The van der Waals surface area contributed by atoms with Gasteiger partial charge in [-0.15, -0.1) is 0 Å². The molecular weight excluding hydrogens is 236 g/mol. The van der Waals surface area contributed by atoms with Gasteiger partial charge in [0, 0.05) is 19.6 Å². The van der Waals surface area contributed by atoms with E-state index in [4.69, 9.17) is 5.11 Å². The van der Waals surface area contributed by atoms with E-state index >= 15 is 0 Å². The summed E-state index contributed by atoms with van der Waals surface area (Å²) in [5.41, 5.74) is 0. The van der Waals surface area contributed by atoms with Crippen LogP contribution in [0.1, 0.15) is 25.7 Å². The predicted molar refractivity (Wildman–Crippen MR) is 64.1 cm³/mol. The highest BCUT2D eigenvalue weighted by atomic mass is 16.4. The van der Waals surface area contributed by atoms with Gasteiger partial charge in [-0.1, -0.05) is 0 Å². The number of aliphatic hydroxyl groups excluding tert-OH is 1. The lowest BCUT2D eigenvalue weighted by Crippen LogP contribution is -2.48. The second-order valence-corrected chi connectivity index (χ2v) is 5.41. The number of nitrogens with zero attached hydrogens (tertiary/aromatic N) is 2. The minimum Gasteiger partial charge on any atom is -0.480 e.